The van der Waals surface area contributed by atoms with E-state index in [4.69, 9.17) is 0 Å². The van der Waals surface area contributed by atoms with Crippen LogP contribution in [0.1, 0.15) is 5.56 Å². The number of aromatic amines is 1. The van der Waals surface area contributed by atoms with Gasteiger partial charge in [-0.15, -0.1) is 0 Å². The van der Waals surface area contributed by atoms with Crippen molar-refractivity contribution < 1.29 is 8.78 Å². The van der Waals surface area contributed by atoms with E-state index < -0.39 is 17.3 Å². The molecule has 0 unspecified atom stereocenters. The van der Waals surface area contributed by atoms with Gasteiger partial charge in [-0.1, -0.05) is 24.3 Å². The Morgan fingerprint density at radius 3 is 2.35 bits per heavy atom. The number of aromatic nitrogens is 2. The summed E-state index contributed by atoms with van der Waals surface area (Å²) >= 11 is 0. The van der Waals surface area contributed by atoms with Crippen LogP contribution in [-0.2, 0) is 6.54 Å². The third-order valence-electron chi connectivity index (χ3n) is 4.21. The molecule has 0 aliphatic heterocycles. The Morgan fingerprint density at radius 2 is 1.62 bits per heavy atom. The van der Waals surface area contributed by atoms with E-state index >= 15 is 0 Å². The predicted molar refractivity (Wildman–Crippen MR) is 97.7 cm³/mol. The smallest absolute Gasteiger partial charge is 0.326 e. The van der Waals surface area contributed by atoms with Gasteiger partial charge in [-0.25, -0.2) is 13.6 Å². The van der Waals surface area contributed by atoms with E-state index in [-0.39, 0.29) is 12.1 Å². The summed E-state index contributed by atoms with van der Waals surface area (Å²) in [6, 6.07) is 18.6. The van der Waals surface area contributed by atoms with Gasteiger partial charge >= 0.3 is 5.69 Å². The molecule has 0 radical (unpaired) electrons. The maximum absolute atomic E-state index is 13.9. The summed E-state index contributed by atoms with van der Waals surface area (Å²) in [6.07, 6.45) is 0. The van der Waals surface area contributed by atoms with Crippen LogP contribution in [0.15, 0.2) is 71.5 Å². The van der Waals surface area contributed by atoms with Crippen LogP contribution in [0.2, 0.25) is 0 Å². The van der Waals surface area contributed by atoms with Crippen molar-refractivity contribution in [3.63, 3.8) is 0 Å². The van der Waals surface area contributed by atoms with Crippen LogP contribution in [0, 0.1) is 11.6 Å². The molecule has 1 heterocycles. The van der Waals surface area contributed by atoms with Crippen molar-refractivity contribution in [3.8, 4) is 0 Å². The second-order valence-corrected chi connectivity index (χ2v) is 5.94. The fraction of sp³-hybridized carbons (Fsp3) is 0.0500. The highest BCUT2D eigenvalue weighted by Crippen LogP contribution is 2.22. The standard InChI is InChI=1S/C20H15F2N3O/c21-16-7-4-8-17(22)15(16)12-25-19-10-9-14(11-18(19)24-20(25)26)23-13-5-2-1-3-6-13/h1-11,23H,12H2,(H,24,26). The van der Waals surface area contributed by atoms with Crippen molar-refractivity contribution in [2.75, 3.05) is 5.32 Å². The molecule has 0 saturated carbocycles. The van der Waals surface area contributed by atoms with Gasteiger partial charge in [-0.05, 0) is 42.5 Å². The molecule has 0 aliphatic carbocycles. The number of nitrogens with one attached hydrogen (secondary N) is 2. The van der Waals surface area contributed by atoms with Gasteiger partial charge in [0.1, 0.15) is 11.6 Å². The zero-order chi connectivity index (χ0) is 18.1. The van der Waals surface area contributed by atoms with Crippen molar-refractivity contribution >= 4 is 22.4 Å². The number of imidazole rings is 1. The van der Waals surface area contributed by atoms with Gasteiger partial charge in [0.05, 0.1) is 17.6 Å². The number of para-hydroxylation sites is 1. The molecule has 0 saturated heterocycles. The van der Waals surface area contributed by atoms with Crippen molar-refractivity contribution in [1.82, 2.24) is 9.55 Å². The highest BCUT2D eigenvalue weighted by atomic mass is 19.1. The Balaban J connectivity index is 1.71. The van der Waals surface area contributed by atoms with Crippen molar-refractivity contribution in [1.29, 1.82) is 0 Å². The molecule has 0 fully saturated rings. The minimum Gasteiger partial charge on any atom is -0.355 e. The molecule has 1 aromatic heterocycles. The van der Waals surface area contributed by atoms with E-state index in [2.05, 4.69) is 10.3 Å². The topological polar surface area (TPSA) is 49.8 Å². The molecule has 26 heavy (non-hydrogen) atoms. The number of hydrogen-bond donors (Lipinski definition) is 2. The first-order valence-electron chi connectivity index (χ1n) is 8.09. The molecule has 0 amide bonds. The van der Waals surface area contributed by atoms with Crippen LogP contribution in [0.25, 0.3) is 11.0 Å². The Morgan fingerprint density at radius 1 is 0.885 bits per heavy atom. The maximum Gasteiger partial charge on any atom is 0.326 e. The Labute approximate surface area is 147 Å². The van der Waals surface area contributed by atoms with Crippen LogP contribution >= 0.6 is 0 Å². The molecular formula is C20H15F2N3O. The van der Waals surface area contributed by atoms with Crippen LogP contribution in [0.4, 0.5) is 20.2 Å². The van der Waals surface area contributed by atoms with Crippen molar-refractivity contribution in [2.24, 2.45) is 0 Å². The van der Waals surface area contributed by atoms with Gasteiger partial charge in [0.25, 0.3) is 0 Å². The lowest BCUT2D eigenvalue weighted by Crippen LogP contribution is -2.18. The third kappa shape index (κ3) is 2.97. The first kappa shape index (κ1) is 16.1. The lowest BCUT2D eigenvalue weighted by Gasteiger charge is -2.08. The normalized spacial score (nSPS) is 11.0. The number of benzene rings is 3. The molecule has 0 aliphatic rings. The van der Waals surface area contributed by atoms with Gasteiger partial charge in [0.2, 0.25) is 0 Å². The summed E-state index contributed by atoms with van der Waals surface area (Å²) in [6.45, 7) is -0.178. The van der Waals surface area contributed by atoms with E-state index in [9.17, 15) is 13.6 Å². The highest BCUT2D eigenvalue weighted by Gasteiger charge is 2.13. The molecule has 0 spiro atoms. The molecule has 130 valence electrons. The summed E-state index contributed by atoms with van der Waals surface area (Å²) in [4.78, 5) is 15.0. The van der Waals surface area contributed by atoms with E-state index in [0.717, 1.165) is 11.4 Å². The number of nitrogens with zero attached hydrogens (tertiary/aromatic N) is 1. The van der Waals surface area contributed by atoms with Crippen LogP contribution in [0.5, 0.6) is 0 Å². The zero-order valence-electron chi connectivity index (χ0n) is 13.7. The third-order valence-corrected chi connectivity index (χ3v) is 4.21. The van der Waals surface area contributed by atoms with Gasteiger partial charge < -0.3 is 10.3 Å². The van der Waals surface area contributed by atoms with Gasteiger partial charge in [0, 0.05) is 16.9 Å². The molecule has 4 aromatic rings. The summed E-state index contributed by atoms with van der Waals surface area (Å²) < 4.78 is 29.1. The molecule has 2 N–H and O–H groups in total. The zero-order valence-corrected chi connectivity index (χ0v) is 13.7. The van der Waals surface area contributed by atoms with E-state index in [1.54, 1.807) is 12.1 Å². The number of halogens is 2. The lowest BCUT2D eigenvalue weighted by molar-refractivity contribution is 0.544. The van der Waals surface area contributed by atoms with Crippen molar-refractivity contribution in [3.05, 3.63) is 94.4 Å². The molecule has 0 atom stereocenters. The molecule has 0 bridgehead atoms. The van der Waals surface area contributed by atoms with Crippen LogP contribution < -0.4 is 11.0 Å². The average Bonchev–Trinajstić information content (AvgIpc) is 2.93. The number of hydrogen-bond acceptors (Lipinski definition) is 2. The predicted octanol–water partition coefficient (Wildman–Crippen LogP) is 4.40. The molecule has 4 nitrogen and oxygen atoms in total. The number of anilines is 2. The summed E-state index contributed by atoms with van der Waals surface area (Å²) in [7, 11) is 0. The van der Waals surface area contributed by atoms with E-state index in [0.29, 0.717) is 11.0 Å². The molecule has 6 heteroatoms. The van der Waals surface area contributed by atoms with Gasteiger partial charge in [-0.3, -0.25) is 4.57 Å². The second kappa shape index (κ2) is 6.48. The Bertz CT molecular complexity index is 1110. The fourth-order valence-electron chi connectivity index (χ4n) is 2.93. The van der Waals surface area contributed by atoms with Crippen LogP contribution in [0.3, 0.4) is 0 Å². The summed E-state index contributed by atoms with van der Waals surface area (Å²) in [5.41, 5.74) is 2.33. The van der Waals surface area contributed by atoms with Gasteiger partial charge in [-0.2, -0.15) is 0 Å². The first-order valence-corrected chi connectivity index (χ1v) is 8.09. The number of rotatable bonds is 4. The monoisotopic (exact) mass is 351 g/mol. The Hall–Kier alpha value is -3.41. The quantitative estimate of drug-likeness (QED) is 0.573. The van der Waals surface area contributed by atoms with Crippen LogP contribution in [-0.4, -0.2) is 9.55 Å². The largest absolute Gasteiger partial charge is 0.355 e. The minimum absolute atomic E-state index is 0.137. The second-order valence-electron chi connectivity index (χ2n) is 5.94. The van der Waals surface area contributed by atoms with E-state index in [1.807, 2.05) is 36.4 Å². The number of fused-ring (bicyclic) bond motifs is 1. The average molecular weight is 351 g/mol. The lowest BCUT2D eigenvalue weighted by atomic mass is 10.2. The van der Waals surface area contributed by atoms with E-state index in [1.165, 1.54) is 22.8 Å². The molecule has 3 aromatic carbocycles. The summed E-state index contributed by atoms with van der Waals surface area (Å²) in [5, 5.41) is 3.24. The highest BCUT2D eigenvalue weighted by molar-refractivity contribution is 5.81. The molecular weight excluding hydrogens is 336 g/mol. The fourth-order valence-corrected chi connectivity index (χ4v) is 2.93. The number of H-pyrrole nitrogens is 1. The maximum atomic E-state index is 13.9. The minimum atomic E-state index is -0.673. The Kier molecular flexibility index (Phi) is 4.01. The SMILES string of the molecule is O=c1[nH]c2cc(Nc3ccccc3)ccc2n1Cc1c(F)cccc1F. The van der Waals surface area contributed by atoms with Crippen molar-refractivity contribution in [2.45, 2.75) is 6.54 Å². The molecule has 4 rings (SSSR count). The first-order chi connectivity index (χ1) is 12.6. The van der Waals surface area contributed by atoms with Gasteiger partial charge in [0.15, 0.2) is 0 Å². The summed E-state index contributed by atoms with van der Waals surface area (Å²) in [5.74, 6) is -1.35.